The molecule has 1 atom stereocenters. The van der Waals surface area contributed by atoms with Gasteiger partial charge in [0, 0.05) is 5.56 Å². The number of carbonyl (C=O) groups excluding carboxylic acids is 2. The number of ether oxygens (including phenoxy) is 1. The SMILES string of the molecule is CC1(C)Cc2cc(OC3=C(O)C(=O)NC3=O)c(Cl)c(Cl)c2C1O. The molecule has 8 heteroatoms. The number of fused-ring (bicyclic) bond motifs is 1. The maximum atomic E-state index is 11.6. The summed E-state index contributed by atoms with van der Waals surface area (Å²) in [5.74, 6) is -3.12. The van der Waals surface area contributed by atoms with Crippen molar-refractivity contribution in [2.24, 2.45) is 5.41 Å². The molecule has 0 saturated carbocycles. The van der Waals surface area contributed by atoms with E-state index in [1.165, 1.54) is 0 Å². The predicted molar refractivity (Wildman–Crippen MR) is 82.3 cm³/mol. The second-order valence-electron chi connectivity index (χ2n) is 6.21. The Labute approximate surface area is 141 Å². The van der Waals surface area contributed by atoms with Gasteiger partial charge in [0.25, 0.3) is 11.8 Å². The molecule has 2 amide bonds. The van der Waals surface area contributed by atoms with Crippen LogP contribution in [-0.4, -0.2) is 22.0 Å². The molecule has 2 aliphatic rings. The van der Waals surface area contributed by atoms with Crippen molar-refractivity contribution in [3.05, 3.63) is 38.8 Å². The normalized spacial score (nSPS) is 22.4. The summed E-state index contributed by atoms with van der Waals surface area (Å²) in [7, 11) is 0. The minimum atomic E-state index is -0.940. The van der Waals surface area contributed by atoms with Crippen molar-refractivity contribution in [1.82, 2.24) is 5.32 Å². The van der Waals surface area contributed by atoms with E-state index in [0.29, 0.717) is 12.0 Å². The standard InChI is InChI=1S/C15H13Cl2NO5/c1-15(2)4-5-3-6(8(16)9(17)7(5)12(15)20)23-11-10(19)13(21)18-14(11)22/h3,12,20H,4H2,1-2H3,(H2,18,19,21,22). The number of benzene rings is 1. The summed E-state index contributed by atoms with van der Waals surface area (Å²) in [6, 6.07) is 1.55. The Morgan fingerprint density at radius 1 is 1.26 bits per heavy atom. The third-order valence-electron chi connectivity index (χ3n) is 4.03. The van der Waals surface area contributed by atoms with E-state index in [-0.39, 0.29) is 15.8 Å². The van der Waals surface area contributed by atoms with Gasteiger partial charge < -0.3 is 14.9 Å². The number of nitrogens with one attached hydrogen (secondary N) is 1. The van der Waals surface area contributed by atoms with Crippen molar-refractivity contribution in [3.63, 3.8) is 0 Å². The van der Waals surface area contributed by atoms with Crippen molar-refractivity contribution in [2.45, 2.75) is 26.4 Å². The summed E-state index contributed by atoms with van der Waals surface area (Å²) in [6.07, 6.45) is -0.243. The highest BCUT2D eigenvalue weighted by Crippen LogP contribution is 2.52. The van der Waals surface area contributed by atoms with Crippen LogP contribution in [0.1, 0.15) is 31.1 Å². The Hall–Kier alpha value is -1.76. The molecule has 1 aliphatic carbocycles. The number of hydrogen-bond acceptors (Lipinski definition) is 5. The van der Waals surface area contributed by atoms with Crippen molar-refractivity contribution in [2.75, 3.05) is 0 Å². The van der Waals surface area contributed by atoms with E-state index in [1.54, 1.807) is 6.07 Å². The van der Waals surface area contributed by atoms with E-state index in [2.05, 4.69) is 0 Å². The topological polar surface area (TPSA) is 95.9 Å². The number of aliphatic hydroxyl groups is 2. The Balaban J connectivity index is 2.06. The fourth-order valence-corrected chi connectivity index (χ4v) is 3.31. The van der Waals surface area contributed by atoms with Gasteiger partial charge in [0.2, 0.25) is 11.5 Å². The zero-order valence-corrected chi connectivity index (χ0v) is 13.7. The highest BCUT2D eigenvalue weighted by Gasteiger charge is 2.41. The molecule has 6 nitrogen and oxygen atoms in total. The van der Waals surface area contributed by atoms with Crippen molar-refractivity contribution >= 4 is 35.0 Å². The van der Waals surface area contributed by atoms with Crippen LogP contribution in [0.15, 0.2) is 17.6 Å². The molecule has 1 aliphatic heterocycles. The molecular weight excluding hydrogens is 345 g/mol. The number of carbonyl (C=O) groups is 2. The van der Waals surface area contributed by atoms with E-state index < -0.39 is 34.9 Å². The first-order valence-corrected chi connectivity index (χ1v) is 7.54. The smallest absolute Gasteiger partial charge is 0.298 e. The lowest BCUT2D eigenvalue weighted by atomic mass is 9.87. The van der Waals surface area contributed by atoms with Crippen LogP contribution < -0.4 is 10.1 Å². The number of hydrogen-bond donors (Lipinski definition) is 3. The number of imide groups is 1. The lowest BCUT2D eigenvalue weighted by Crippen LogP contribution is -2.24. The summed E-state index contributed by atoms with van der Waals surface area (Å²) in [4.78, 5) is 22.8. The molecule has 0 aromatic heterocycles. The molecule has 0 spiro atoms. The molecule has 0 bridgehead atoms. The average Bonchev–Trinajstić information content (AvgIpc) is 2.83. The van der Waals surface area contributed by atoms with Crippen molar-refractivity contribution in [3.8, 4) is 5.75 Å². The van der Waals surface area contributed by atoms with Gasteiger partial charge in [-0.15, -0.1) is 0 Å². The molecule has 23 heavy (non-hydrogen) atoms. The lowest BCUT2D eigenvalue weighted by molar-refractivity contribution is -0.125. The average molecular weight is 358 g/mol. The largest absolute Gasteiger partial charge is 0.500 e. The van der Waals surface area contributed by atoms with Gasteiger partial charge in [0.15, 0.2) is 0 Å². The van der Waals surface area contributed by atoms with E-state index in [0.717, 1.165) is 5.56 Å². The van der Waals surface area contributed by atoms with Gasteiger partial charge in [-0.05, 0) is 23.5 Å². The Bertz CT molecular complexity index is 785. The molecule has 3 rings (SSSR count). The van der Waals surface area contributed by atoms with E-state index in [1.807, 2.05) is 19.2 Å². The number of halogens is 2. The summed E-state index contributed by atoms with van der Waals surface area (Å²) >= 11 is 12.4. The molecule has 1 aromatic rings. The zero-order valence-electron chi connectivity index (χ0n) is 12.2. The third kappa shape index (κ3) is 2.38. The number of rotatable bonds is 2. The van der Waals surface area contributed by atoms with Crippen LogP contribution in [0.5, 0.6) is 5.75 Å². The Morgan fingerprint density at radius 3 is 2.48 bits per heavy atom. The van der Waals surface area contributed by atoms with Gasteiger partial charge in [-0.3, -0.25) is 14.9 Å². The van der Waals surface area contributed by atoms with Gasteiger partial charge in [0.05, 0.1) is 11.1 Å². The first kappa shape index (κ1) is 16.1. The molecule has 0 fully saturated rings. The van der Waals surface area contributed by atoms with Crippen LogP contribution >= 0.6 is 23.2 Å². The molecule has 0 radical (unpaired) electrons. The lowest BCUT2D eigenvalue weighted by Gasteiger charge is -2.22. The highest BCUT2D eigenvalue weighted by molar-refractivity contribution is 6.43. The summed E-state index contributed by atoms with van der Waals surface area (Å²) in [5.41, 5.74) is 0.839. The van der Waals surface area contributed by atoms with Gasteiger partial charge in [-0.25, -0.2) is 0 Å². The van der Waals surface area contributed by atoms with Crippen molar-refractivity contribution < 1.29 is 24.5 Å². The summed E-state index contributed by atoms with van der Waals surface area (Å²) in [6.45, 7) is 3.78. The Kier molecular flexibility index (Phi) is 3.59. The summed E-state index contributed by atoms with van der Waals surface area (Å²) < 4.78 is 5.31. The van der Waals surface area contributed by atoms with E-state index >= 15 is 0 Å². The van der Waals surface area contributed by atoms with Crippen LogP contribution in [0, 0.1) is 5.41 Å². The zero-order chi connectivity index (χ0) is 17.1. The van der Waals surface area contributed by atoms with Gasteiger partial charge in [0.1, 0.15) is 10.8 Å². The van der Waals surface area contributed by atoms with Crippen molar-refractivity contribution in [1.29, 1.82) is 0 Å². The Morgan fingerprint density at radius 2 is 1.91 bits per heavy atom. The molecule has 122 valence electrons. The van der Waals surface area contributed by atoms with Gasteiger partial charge in [-0.2, -0.15) is 0 Å². The predicted octanol–water partition coefficient (Wildman–Crippen LogP) is 2.41. The summed E-state index contributed by atoms with van der Waals surface area (Å²) in [5, 5.41) is 22.0. The van der Waals surface area contributed by atoms with E-state index in [9.17, 15) is 19.8 Å². The van der Waals surface area contributed by atoms with Crippen LogP contribution in [-0.2, 0) is 16.0 Å². The number of amides is 2. The molecular formula is C15H13Cl2NO5. The van der Waals surface area contributed by atoms with E-state index in [4.69, 9.17) is 27.9 Å². The van der Waals surface area contributed by atoms with Gasteiger partial charge >= 0.3 is 0 Å². The monoisotopic (exact) mass is 357 g/mol. The fourth-order valence-electron chi connectivity index (χ4n) is 2.80. The van der Waals surface area contributed by atoms with Crippen LogP contribution in [0.4, 0.5) is 0 Å². The van der Waals surface area contributed by atoms with Gasteiger partial charge in [-0.1, -0.05) is 37.0 Å². The molecule has 1 unspecified atom stereocenters. The number of aliphatic hydroxyl groups excluding tert-OH is 2. The molecule has 1 heterocycles. The highest BCUT2D eigenvalue weighted by atomic mass is 35.5. The maximum Gasteiger partial charge on any atom is 0.298 e. The molecule has 3 N–H and O–H groups in total. The fraction of sp³-hybridized carbons (Fsp3) is 0.333. The molecule has 0 saturated heterocycles. The minimum Gasteiger partial charge on any atom is -0.500 e. The first-order valence-electron chi connectivity index (χ1n) is 6.79. The first-order chi connectivity index (χ1) is 10.6. The van der Waals surface area contributed by atoms with Crippen LogP contribution in [0.25, 0.3) is 0 Å². The molecule has 1 aromatic carbocycles. The van der Waals surface area contributed by atoms with Crippen LogP contribution in [0.2, 0.25) is 10.0 Å². The third-order valence-corrected chi connectivity index (χ3v) is 4.90. The minimum absolute atomic E-state index is 0.00499. The second kappa shape index (κ2) is 5.12. The maximum absolute atomic E-state index is 11.6. The quantitative estimate of drug-likeness (QED) is 0.706. The second-order valence-corrected chi connectivity index (χ2v) is 6.96. The van der Waals surface area contributed by atoms with Crippen LogP contribution in [0.3, 0.4) is 0 Å².